The number of nitro groups is 1. The number of nitro benzene ring substituents is 1. The first-order chi connectivity index (χ1) is 10.6. The van der Waals surface area contributed by atoms with Crippen LogP contribution in [0.1, 0.15) is 5.56 Å². The molecule has 2 aromatic rings. The summed E-state index contributed by atoms with van der Waals surface area (Å²) in [6, 6.07) is 14.3. The summed E-state index contributed by atoms with van der Waals surface area (Å²) < 4.78 is 0. The minimum absolute atomic E-state index is 0.0288. The van der Waals surface area contributed by atoms with E-state index in [4.69, 9.17) is 0 Å². The molecule has 1 aliphatic heterocycles. The van der Waals surface area contributed by atoms with Crippen LogP contribution in [-0.2, 0) is 9.59 Å². The van der Waals surface area contributed by atoms with E-state index in [1.165, 1.54) is 18.2 Å². The number of rotatable bonds is 3. The highest BCUT2D eigenvalue weighted by Gasteiger charge is 2.35. The van der Waals surface area contributed by atoms with Crippen LogP contribution in [0.4, 0.5) is 11.4 Å². The van der Waals surface area contributed by atoms with E-state index in [1.807, 2.05) is 0 Å². The van der Waals surface area contributed by atoms with Gasteiger partial charge in [-0.1, -0.05) is 30.3 Å². The fourth-order valence-corrected chi connectivity index (χ4v) is 2.35. The monoisotopic (exact) mass is 294 g/mol. The smallest absolute Gasteiger partial charge is 0.269 e. The summed E-state index contributed by atoms with van der Waals surface area (Å²) in [5.41, 5.74) is 0.401. The molecule has 1 heterocycles. The molecule has 2 amide bonds. The third kappa shape index (κ3) is 2.16. The molecule has 22 heavy (non-hydrogen) atoms. The standard InChI is InChI=1S/C16H10N2O4/c19-15-10-13(12-8-4-5-9-14(12)18(21)22)16(20)17(15)11-6-2-1-3-7-11/h1-10H. The summed E-state index contributed by atoms with van der Waals surface area (Å²) in [5.74, 6) is -1.07. The normalized spacial score (nSPS) is 14.2. The van der Waals surface area contributed by atoms with Crippen LogP contribution in [0.2, 0.25) is 0 Å². The minimum atomic E-state index is -0.570. The molecule has 0 spiro atoms. The number of anilines is 1. The number of amides is 2. The molecule has 0 saturated carbocycles. The van der Waals surface area contributed by atoms with Crippen molar-refractivity contribution in [3.8, 4) is 0 Å². The Morgan fingerprint density at radius 2 is 1.55 bits per heavy atom. The largest absolute Gasteiger partial charge is 0.277 e. The maximum atomic E-state index is 12.5. The predicted octanol–water partition coefficient (Wildman–Crippen LogP) is 2.55. The first-order valence-electron chi connectivity index (χ1n) is 6.48. The van der Waals surface area contributed by atoms with Crippen molar-refractivity contribution in [2.24, 2.45) is 0 Å². The van der Waals surface area contributed by atoms with Gasteiger partial charge >= 0.3 is 0 Å². The van der Waals surface area contributed by atoms with Crippen molar-refractivity contribution in [1.29, 1.82) is 0 Å². The number of imide groups is 1. The van der Waals surface area contributed by atoms with Crippen LogP contribution in [-0.4, -0.2) is 16.7 Å². The number of hydrogen-bond acceptors (Lipinski definition) is 4. The molecule has 0 aliphatic carbocycles. The summed E-state index contributed by atoms with van der Waals surface area (Å²) in [6.45, 7) is 0. The van der Waals surface area contributed by atoms with E-state index < -0.39 is 16.7 Å². The third-order valence-electron chi connectivity index (χ3n) is 3.33. The number of para-hydroxylation sites is 2. The molecule has 2 aromatic carbocycles. The fourth-order valence-electron chi connectivity index (χ4n) is 2.35. The second kappa shape index (κ2) is 5.25. The fraction of sp³-hybridized carbons (Fsp3) is 0. The molecule has 0 fully saturated rings. The average molecular weight is 294 g/mol. The zero-order valence-electron chi connectivity index (χ0n) is 11.3. The third-order valence-corrected chi connectivity index (χ3v) is 3.33. The first-order valence-corrected chi connectivity index (χ1v) is 6.48. The van der Waals surface area contributed by atoms with E-state index in [1.54, 1.807) is 36.4 Å². The lowest BCUT2D eigenvalue weighted by Gasteiger charge is -2.14. The van der Waals surface area contributed by atoms with E-state index in [0.717, 1.165) is 11.0 Å². The van der Waals surface area contributed by atoms with Gasteiger partial charge in [-0.15, -0.1) is 0 Å². The lowest BCUT2D eigenvalue weighted by Crippen LogP contribution is -2.30. The van der Waals surface area contributed by atoms with Gasteiger partial charge in [0.1, 0.15) is 0 Å². The average Bonchev–Trinajstić information content (AvgIpc) is 2.83. The van der Waals surface area contributed by atoms with E-state index in [9.17, 15) is 19.7 Å². The van der Waals surface area contributed by atoms with Gasteiger partial charge in [-0.25, -0.2) is 4.90 Å². The topological polar surface area (TPSA) is 80.5 Å². The molecule has 0 radical (unpaired) electrons. The predicted molar refractivity (Wildman–Crippen MR) is 80.0 cm³/mol. The molecule has 1 aliphatic rings. The van der Waals surface area contributed by atoms with Crippen molar-refractivity contribution in [3.05, 3.63) is 76.4 Å². The van der Waals surface area contributed by atoms with Crippen molar-refractivity contribution in [2.75, 3.05) is 4.90 Å². The van der Waals surface area contributed by atoms with Crippen molar-refractivity contribution in [1.82, 2.24) is 0 Å². The Hall–Kier alpha value is -3.28. The van der Waals surface area contributed by atoms with Gasteiger partial charge in [-0.05, 0) is 18.2 Å². The van der Waals surface area contributed by atoms with E-state index in [-0.39, 0.29) is 16.8 Å². The maximum absolute atomic E-state index is 12.5. The van der Waals surface area contributed by atoms with Gasteiger partial charge in [-0.2, -0.15) is 0 Å². The van der Waals surface area contributed by atoms with Crippen molar-refractivity contribution < 1.29 is 14.5 Å². The highest BCUT2D eigenvalue weighted by atomic mass is 16.6. The van der Waals surface area contributed by atoms with Gasteiger partial charge in [0.05, 0.1) is 21.7 Å². The van der Waals surface area contributed by atoms with Gasteiger partial charge < -0.3 is 0 Å². The van der Waals surface area contributed by atoms with Gasteiger partial charge in [0.2, 0.25) is 0 Å². The van der Waals surface area contributed by atoms with Gasteiger partial charge in [0, 0.05) is 12.1 Å². The van der Waals surface area contributed by atoms with Crippen LogP contribution in [0.15, 0.2) is 60.7 Å². The molecule has 108 valence electrons. The highest BCUT2D eigenvalue weighted by Crippen LogP contribution is 2.32. The SMILES string of the molecule is O=C1C=C(c2ccccc2[N+](=O)[O-])C(=O)N1c1ccccc1. The Bertz CT molecular complexity index is 812. The zero-order valence-corrected chi connectivity index (χ0v) is 11.3. The summed E-state index contributed by atoms with van der Waals surface area (Å²) in [7, 11) is 0. The Kier molecular flexibility index (Phi) is 3.27. The summed E-state index contributed by atoms with van der Waals surface area (Å²) in [6.07, 6.45) is 1.14. The van der Waals surface area contributed by atoms with Crippen molar-refractivity contribution in [2.45, 2.75) is 0 Å². The minimum Gasteiger partial charge on any atom is -0.269 e. The van der Waals surface area contributed by atoms with Crippen molar-refractivity contribution >= 4 is 28.8 Å². The highest BCUT2D eigenvalue weighted by molar-refractivity contribution is 6.44. The lowest BCUT2D eigenvalue weighted by molar-refractivity contribution is -0.385. The lowest BCUT2D eigenvalue weighted by atomic mass is 10.0. The molecule has 3 rings (SSSR count). The first kappa shape index (κ1) is 13.7. The van der Waals surface area contributed by atoms with Crippen LogP contribution < -0.4 is 4.90 Å². The van der Waals surface area contributed by atoms with E-state index >= 15 is 0 Å². The van der Waals surface area contributed by atoms with Crippen LogP contribution >= 0.6 is 0 Å². The molecule has 0 aromatic heterocycles. The molecule has 0 bridgehead atoms. The molecule has 6 heteroatoms. The van der Waals surface area contributed by atoms with Crippen LogP contribution in [0.5, 0.6) is 0 Å². The number of nitrogens with zero attached hydrogens (tertiary/aromatic N) is 2. The van der Waals surface area contributed by atoms with Crippen LogP contribution in [0, 0.1) is 10.1 Å². The van der Waals surface area contributed by atoms with E-state index in [0.29, 0.717) is 5.69 Å². The Morgan fingerprint density at radius 3 is 2.23 bits per heavy atom. The summed E-state index contributed by atoms with van der Waals surface area (Å²) in [4.78, 5) is 36.1. The molecule has 0 unspecified atom stereocenters. The Morgan fingerprint density at radius 1 is 0.909 bits per heavy atom. The summed E-state index contributed by atoms with van der Waals surface area (Å²) in [5, 5.41) is 11.1. The molecular formula is C16H10N2O4. The second-order valence-electron chi connectivity index (χ2n) is 4.65. The van der Waals surface area contributed by atoms with Gasteiger partial charge in [0.25, 0.3) is 17.5 Å². The van der Waals surface area contributed by atoms with Crippen LogP contribution in [0.3, 0.4) is 0 Å². The number of benzene rings is 2. The molecule has 0 N–H and O–H groups in total. The molecule has 0 saturated heterocycles. The molecule has 0 atom stereocenters. The quantitative estimate of drug-likeness (QED) is 0.495. The zero-order chi connectivity index (χ0) is 15.7. The van der Waals surface area contributed by atoms with Crippen molar-refractivity contribution in [3.63, 3.8) is 0 Å². The molecular weight excluding hydrogens is 284 g/mol. The number of carbonyl (C=O) groups is 2. The Labute approximate surface area is 125 Å². The van der Waals surface area contributed by atoms with E-state index in [2.05, 4.69) is 0 Å². The molecule has 6 nitrogen and oxygen atoms in total. The van der Waals surface area contributed by atoms with Gasteiger partial charge in [0.15, 0.2) is 0 Å². The second-order valence-corrected chi connectivity index (χ2v) is 4.65. The maximum Gasteiger partial charge on any atom is 0.277 e. The number of hydrogen-bond donors (Lipinski definition) is 0. The van der Waals surface area contributed by atoms with Crippen LogP contribution in [0.25, 0.3) is 5.57 Å². The number of carbonyl (C=O) groups excluding carboxylic acids is 2. The van der Waals surface area contributed by atoms with Gasteiger partial charge in [-0.3, -0.25) is 19.7 Å². The summed E-state index contributed by atoms with van der Waals surface area (Å²) >= 11 is 0. The Balaban J connectivity index is 2.05.